The van der Waals surface area contributed by atoms with E-state index < -0.39 is 6.10 Å². The lowest BCUT2D eigenvalue weighted by atomic mass is 10.1. The maximum absolute atomic E-state index is 11.6. The molecule has 0 saturated heterocycles. The van der Waals surface area contributed by atoms with E-state index in [9.17, 15) is 9.90 Å². The van der Waals surface area contributed by atoms with Crippen molar-refractivity contribution in [3.8, 4) is 0 Å². The third-order valence-electron chi connectivity index (χ3n) is 2.96. The molecular weight excluding hydrogens is 274 g/mol. The Kier molecular flexibility index (Phi) is 7.05. The first-order valence-electron chi connectivity index (χ1n) is 6.62. The minimum absolute atomic E-state index is 0.129. The van der Waals surface area contributed by atoms with Crippen molar-refractivity contribution in [1.29, 1.82) is 0 Å². The molecule has 0 bridgehead atoms. The highest BCUT2D eigenvalue weighted by Gasteiger charge is 2.11. The Bertz CT molecular complexity index is 509. The first kappa shape index (κ1) is 16.5. The first-order chi connectivity index (χ1) is 9.58. The van der Waals surface area contributed by atoms with Crippen LogP contribution in [0.5, 0.6) is 0 Å². The van der Waals surface area contributed by atoms with E-state index in [4.69, 9.17) is 11.6 Å². The van der Waals surface area contributed by atoms with Gasteiger partial charge >= 0.3 is 0 Å². The van der Waals surface area contributed by atoms with Crippen molar-refractivity contribution in [2.24, 2.45) is 0 Å². The molecule has 2 N–H and O–H groups in total. The average Bonchev–Trinajstić information content (AvgIpc) is 2.46. The molecule has 1 aromatic carbocycles. The summed E-state index contributed by atoms with van der Waals surface area (Å²) in [6, 6.07) is 7.04. The lowest BCUT2D eigenvalue weighted by molar-refractivity contribution is -0.116. The molecule has 20 heavy (non-hydrogen) atoms. The maximum Gasteiger partial charge on any atom is 0.244 e. The molecule has 0 radical (unpaired) electrons. The Morgan fingerprint density at radius 2 is 2.10 bits per heavy atom. The van der Waals surface area contributed by atoms with Crippen LogP contribution in [-0.2, 0) is 4.79 Å². The summed E-state index contributed by atoms with van der Waals surface area (Å²) in [5.41, 5.74) is 1.70. The van der Waals surface area contributed by atoms with Gasteiger partial charge in [0.25, 0.3) is 0 Å². The smallest absolute Gasteiger partial charge is 0.244 e. The van der Waals surface area contributed by atoms with Crippen molar-refractivity contribution in [3.05, 3.63) is 58.7 Å². The van der Waals surface area contributed by atoms with Gasteiger partial charge in [0.2, 0.25) is 5.91 Å². The normalized spacial score (nSPS) is 13.5. The van der Waals surface area contributed by atoms with Gasteiger partial charge in [0.05, 0.1) is 6.10 Å². The second-order valence-corrected chi connectivity index (χ2v) is 4.74. The van der Waals surface area contributed by atoms with Crippen molar-refractivity contribution in [1.82, 2.24) is 5.32 Å². The number of halogens is 1. The van der Waals surface area contributed by atoms with E-state index in [1.165, 1.54) is 6.08 Å². The number of hydrogen-bond donors (Lipinski definition) is 2. The van der Waals surface area contributed by atoms with Crippen LogP contribution in [-0.4, -0.2) is 17.6 Å². The van der Waals surface area contributed by atoms with Crippen LogP contribution in [0.15, 0.2) is 48.1 Å². The van der Waals surface area contributed by atoms with Gasteiger partial charge in [-0.3, -0.25) is 4.79 Å². The minimum Gasteiger partial charge on any atom is -0.387 e. The van der Waals surface area contributed by atoms with Gasteiger partial charge in [-0.25, -0.2) is 0 Å². The number of rotatable bonds is 6. The van der Waals surface area contributed by atoms with Crippen LogP contribution in [0, 0.1) is 0 Å². The summed E-state index contributed by atoms with van der Waals surface area (Å²) in [7, 11) is 0. The fraction of sp³-hybridized carbons (Fsp3) is 0.312. The van der Waals surface area contributed by atoms with Gasteiger partial charge in [0.15, 0.2) is 0 Å². The molecule has 0 aliphatic heterocycles. The van der Waals surface area contributed by atoms with Crippen LogP contribution in [0.1, 0.15) is 31.9 Å². The SMILES string of the molecule is CC=C(C=CC(=O)NCC(O)c1ccccc1Cl)CC. The zero-order chi connectivity index (χ0) is 15.0. The minimum atomic E-state index is -0.812. The van der Waals surface area contributed by atoms with Gasteiger partial charge in [-0.05, 0) is 19.4 Å². The number of amides is 1. The van der Waals surface area contributed by atoms with Gasteiger partial charge in [-0.1, -0.05) is 54.4 Å². The Morgan fingerprint density at radius 3 is 2.70 bits per heavy atom. The molecule has 1 amide bonds. The van der Waals surface area contributed by atoms with Crippen molar-refractivity contribution in [2.45, 2.75) is 26.4 Å². The second kappa shape index (κ2) is 8.56. The van der Waals surface area contributed by atoms with Gasteiger partial charge in [-0.15, -0.1) is 0 Å². The molecule has 1 atom stereocenters. The molecule has 108 valence electrons. The molecule has 0 spiro atoms. The highest BCUT2D eigenvalue weighted by atomic mass is 35.5. The molecule has 0 saturated carbocycles. The Morgan fingerprint density at radius 1 is 1.40 bits per heavy atom. The molecule has 1 rings (SSSR count). The van der Waals surface area contributed by atoms with E-state index in [1.54, 1.807) is 30.3 Å². The summed E-state index contributed by atoms with van der Waals surface area (Å²) in [6.45, 7) is 4.09. The topological polar surface area (TPSA) is 49.3 Å². The summed E-state index contributed by atoms with van der Waals surface area (Å²) in [4.78, 5) is 11.6. The molecule has 0 aliphatic rings. The number of aliphatic hydroxyl groups excluding tert-OH is 1. The van der Waals surface area contributed by atoms with E-state index in [0.717, 1.165) is 12.0 Å². The zero-order valence-corrected chi connectivity index (χ0v) is 12.5. The summed E-state index contributed by atoms with van der Waals surface area (Å²) in [6.07, 6.45) is 5.27. The van der Waals surface area contributed by atoms with E-state index in [-0.39, 0.29) is 12.5 Å². The predicted molar refractivity (Wildman–Crippen MR) is 82.6 cm³/mol. The van der Waals surface area contributed by atoms with Crippen LogP contribution in [0.2, 0.25) is 5.02 Å². The van der Waals surface area contributed by atoms with Gasteiger partial charge < -0.3 is 10.4 Å². The molecule has 4 heteroatoms. The Labute approximate surface area is 125 Å². The van der Waals surface area contributed by atoms with Crippen molar-refractivity contribution < 1.29 is 9.90 Å². The third-order valence-corrected chi connectivity index (χ3v) is 3.31. The number of allylic oxidation sites excluding steroid dienone is 3. The molecular formula is C16H20ClNO2. The highest BCUT2D eigenvalue weighted by molar-refractivity contribution is 6.31. The summed E-state index contributed by atoms with van der Waals surface area (Å²) in [5, 5.41) is 13.1. The van der Waals surface area contributed by atoms with Crippen LogP contribution in [0.4, 0.5) is 0 Å². The number of carbonyl (C=O) groups is 1. The predicted octanol–water partition coefficient (Wildman–Crippen LogP) is 3.40. The maximum atomic E-state index is 11.6. The van der Waals surface area contributed by atoms with Crippen molar-refractivity contribution in [3.63, 3.8) is 0 Å². The van der Waals surface area contributed by atoms with Gasteiger partial charge in [0, 0.05) is 23.2 Å². The molecule has 0 aromatic heterocycles. The number of benzene rings is 1. The lowest BCUT2D eigenvalue weighted by Gasteiger charge is -2.12. The third kappa shape index (κ3) is 5.19. The lowest BCUT2D eigenvalue weighted by Crippen LogP contribution is -2.26. The second-order valence-electron chi connectivity index (χ2n) is 4.33. The number of hydrogen-bond acceptors (Lipinski definition) is 2. The Balaban J connectivity index is 2.51. The van der Waals surface area contributed by atoms with Crippen molar-refractivity contribution in [2.75, 3.05) is 6.54 Å². The number of carbonyl (C=O) groups excluding carboxylic acids is 1. The first-order valence-corrected chi connectivity index (χ1v) is 6.99. The van der Waals surface area contributed by atoms with E-state index in [0.29, 0.717) is 10.6 Å². The molecule has 0 aliphatic carbocycles. The van der Waals surface area contributed by atoms with Crippen LogP contribution >= 0.6 is 11.6 Å². The van der Waals surface area contributed by atoms with Crippen LogP contribution < -0.4 is 5.32 Å². The fourth-order valence-corrected chi connectivity index (χ4v) is 1.97. The molecule has 1 aromatic rings. The van der Waals surface area contributed by atoms with Crippen LogP contribution in [0.25, 0.3) is 0 Å². The monoisotopic (exact) mass is 293 g/mol. The Hall–Kier alpha value is -1.58. The van der Waals surface area contributed by atoms with Crippen molar-refractivity contribution >= 4 is 17.5 Å². The molecule has 0 heterocycles. The average molecular weight is 294 g/mol. The highest BCUT2D eigenvalue weighted by Crippen LogP contribution is 2.21. The fourth-order valence-electron chi connectivity index (χ4n) is 1.71. The van der Waals surface area contributed by atoms with E-state index in [1.807, 2.05) is 19.9 Å². The van der Waals surface area contributed by atoms with Crippen LogP contribution in [0.3, 0.4) is 0 Å². The number of nitrogens with one attached hydrogen (secondary N) is 1. The zero-order valence-electron chi connectivity index (χ0n) is 11.8. The summed E-state index contributed by atoms with van der Waals surface area (Å²) < 4.78 is 0. The van der Waals surface area contributed by atoms with Gasteiger partial charge in [0.1, 0.15) is 0 Å². The number of aliphatic hydroxyl groups is 1. The molecule has 1 unspecified atom stereocenters. The van der Waals surface area contributed by atoms with Gasteiger partial charge in [-0.2, -0.15) is 0 Å². The molecule has 0 fully saturated rings. The quantitative estimate of drug-likeness (QED) is 0.624. The van der Waals surface area contributed by atoms with E-state index in [2.05, 4.69) is 5.32 Å². The van der Waals surface area contributed by atoms with E-state index >= 15 is 0 Å². The molecule has 3 nitrogen and oxygen atoms in total. The standard InChI is InChI=1S/C16H20ClNO2/c1-3-12(4-2)9-10-16(20)18-11-15(19)13-7-5-6-8-14(13)17/h3,5-10,15,19H,4,11H2,1-2H3,(H,18,20). The summed E-state index contributed by atoms with van der Waals surface area (Å²) >= 11 is 5.98. The largest absolute Gasteiger partial charge is 0.387 e. The summed E-state index contributed by atoms with van der Waals surface area (Å²) in [5.74, 6) is -0.232.